The maximum Gasteiger partial charge on any atom is 0.254 e. The van der Waals surface area contributed by atoms with Crippen molar-refractivity contribution in [3.05, 3.63) is 28.5 Å². The number of hydrogen-bond donors (Lipinski definition) is 0. The molecule has 1 heterocycles. The number of halogens is 1. The van der Waals surface area contributed by atoms with Gasteiger partial charge < -0.3 is 4.90 Å². The van der Waals surface area contributed by atoms with Gasteiger partial charge in [-0.25, -0.2) is 4.98 Å². The standard InChI is InChI=1S/C16H25ClN2O/c1-6-8-9-19(7-2)15(20)12-10-13(16(3,4)5)18-14(17)11-12/h10-11H,6-9H2,1-5H3. The van der Waals surface area contributed by atoms with Crippen LogP contribution in [0.3, 0.4) is 0 Å². The fourth-order valence-corrected chi connectivity index (χ4v) is 2.15. The van der Waals surface area contributed by atoms with E-state index in [0.29, 0.717) is 17.3 Å². The third-order valence-corrected chi connectivity index (χ3v) is 3.45. The molecule has 112 valence electrons. The Labute approximate surface area is 127 Å². The van der Waals surface area contributed by atoms with Crippen LogP contribution >= 0.6 is 11.6 Å². The Hall–Kier alpha value is -1.09. The molecule has 0 spiro atoms. The molecule has 1 amide bonds. The third kappa shape index (κ3) is 4.48. The molecule has 0 radical (unpaired) electrons. The predicted octanol–water partition coefficient (Wildman–Crippen LogP) is 4.29. The second-order valence-corrected chi connectivity index (χ2v) is 6.44. The van der Waals surface area contributed by atoms with Gasteiger partial charge in [-0.1, -0.05) is 45.7 Å². The van der Waals surface area contributed by atoms with E-state index in [0.717, 1.165) is 25.1 Å². The molecule has 0 saturated carbocycles. The average Bonchev–Trinajstić information content (AvgIpc) is 2.37. The van der Waals surface area contributed by atoms with Gasteiger partial charge in [-0.15, -0.1) is 0 Å². The zero-order valence-electron chi connectivity index (χ0n) is 13.2. The molecule has 0 aliphatic rings. The van der Waals surface area contributed by atoms with Crippen LogP contribution in [0, 0.1) is 0 Å². The van der Waals surface area contributed by atoms with Crippen LogP contribution in [0.2, 0.25) is 5.15 Å². The molecule has 0 saturated heterocycles. The Balaban J connectivity index is 3.06. The third-order valence-electron chi connectivity index (χ3n) is 3.26. The molecule has 0 fully saturated rings. The molecule has 0 bridgehead atoms. The summed E-state index contributed by atoms with van der Waals surface area (Å²) in [6.07, 6.45) is 2.10. The Morgan fingerprint density at radius 3 is 2.45 bits per heavy atom. The van der Waals surface area contributed by atoms with Crippen LogP contribution in [-0.2, 0) is 5.41 Å². The Morgan fingerprint density at radius 1 is 1.30 bits per heavy atom. The molecule has 0 atom stereocenters. The van der Waals surface area contributed by atoms with Crippen molar-refractivity contribution in [2.24, 2.45) is 0 Å². The Morgan fingerprint density at radius 2 is 1.95 bits per heavy atom. The summed E-state index contributed by atoms with van der Waals surface area (Å²) in [5.41, 5.74) is 1.35. The monoisotopic (exact) mass is 296 g/mol. The second-order valence-electron chi connectivity index (χ2n) is 6.05. The average molecular weight is 297 g/mol. The number of amides is 1. The van der Waals surface area contributed by atoms with Crippen LogP contribution in [0.15, 0.2) is 12.1 Å². The number of pyridine rings is 1. The molecule has 1 aromatic heterocycles. The minimum Gasteiger partial charge on any atom is -0.339 e. The van der Waals surface area contributed by atoms with Crippen LogP contribution in [0.25, 0.3) is 0 Å². The quantitative estimate of drug-likeness (QED) is 0.759. The summed E-state index contributed by atoms with van der Waals surface area (Å²) in [7, 11) is 0. The zero-order chi connectivity index (χ0) is 15.3. The summed E-state index contributed by atoms with van der Waals surface area (Å²) in [4.78, 5) is 18.7. The van der Waals surface area contributed by atoms with E-state index in [-0.39, 0.29) is 11.3 Å². The van der Waals surface area contributed by atoms with Gasteiger partial charge in [0, 0.05) is 29.8 Å². The first kappa shape index (κ1) is 17.0. The summed E-state index contributed by atoms with van der Waals surface area (Å²) in [6, 6.07) is 3.52. The summed E-state index contributed by atoms with van der Waals surface area (Å²) in [6.45, 7) is 11.8. The summed E-state index contributed by atoms with van der Waals surface area (Å²) < 4.78 is 0. The first-order chi connectivity index (χ1) is 9.29. The molecule has 20 heavy (non-hydrogen) atoms. The van der Waals surface area contributed by atoms with Gasteiger partial charge in [-0.2, -0.15) is 0 Å². The van der Waals surface area contributed by atoms with Gasteiger partial charge >= 0.3 is 0 Å². The fourth-order valence-electron chi connectivity index (χ4n) is 1.94. The van der Waals surface area contributed by atoms with Crippen LogP contribution in [0.4, 0.5) is 0 Å². The number of carbonyl (C=O) groups excluding carboxylic acids is 1. The van der Waals surface area contributed by atoms with Gasteiger partial charge in [0.1, 0.15) is 5.15 Å². The smallest absolute Gasteiger partial charge is 0.254 e. The topological polar surface area (TPSA) is 33.2 Å². The number of carbonyl (C=O) groups is 1. The van der Waals surface area contributed by atoms with E-state index in [1.807, 2.05) is 17.9 Å². The van der Waals surface area contributed by atoms with Crippen LogP contribution in [0.5, 0.6) is 0 Å². The van der Waals surface area contributed by atoms with E-state index in [4.69, 9.17) is 11.6 Å². The van der Waals surface area contributed by atoms with Gasteiger partial charge in [-0.3, -0.25) is 4.79 Å². The van der Waals surface area contributed by atoms with Crippen molar-refractivity contribution in [3.63, 3.8) is 0 Å². The maximum atomic E-state index is 12.6. The molecule has 1 aromatic rings. The first-order valence-electron chi connectivity index (χ1n) is 7.27. The van der Waals surface area contributed by atoms with Gasteiger partial charge in [0.15, 0.2) is 0 Å². The lowest BCUT2D eigenvalue weighted by Gasteiger charge is -2.23. The Kier molecular flexibility index (Phi) is 6.00. The lowest BCUT2D eigenvalue weighted by atomic mass is 9.90. The van der Waals surface area contributed by atoms with Crippen molar-refractivity contribution < 1.29 is 4.79 Å². The molecule has 1 rings (SSSR count). The van der Waals surface area contributed by atoms with E-state index in [1.165, 1.54) is 0 Å². The van der Waals surface area contributed by atoms with Crippen molar-refractivity contribution in [3.8, 4) is 0 Å². The van der Waals surface area contributed by atoms with E-state index in [9.17, 15) is 4.79 Å². The lowest BCUT2D eigenvalue weighted by molar-refractivity contribution is 0.0762. The first-order valence-corrected chi connectivity index (χ1v) is 7.64. The van der Waals surface area contributed by atoms with Crippen molar-refractivity contribution >= 4 is 17.5 Å². The van der Waals surface area contributed by atoms with E-state index >= 15 is 0 Å². The van der Waals surface area contributed by atoms with Crippen molar-refractivity contribution in [2.45, 2.75) is 52.9 Å². The van der Waals surface area contributed by atoms with E-state index in [1.54, 1.807) is 6.07 Å². The lowest BCUT2D eigenvalue weighted by Crippen LogP contribution is -2.32. The Bertz CT molecular complexity index is 466. The molecule has 3 nitrogen and oxygen atoms in total. The van der Waals surface area contributed by atoms with Gasteiger partial charge in [0.05, 0.1) is 0 Å². The molecule has 0 unspecified atom stereocenters. The molecule has 4 heteroatoms. The number of rotatable bonds is 5. The minimum atomic E-state index is -0.125. The van der Waals surface area contributed by atoms with E-state index < -0.39 is 0 Å². The normalized spacial score (nSPS) is 11.5. The summed E-state index contributed by atoms with van der Waals surface area (Å²) in [5, 5.41) is 0.382. The highest BCUT2D eigenvalue weighted by atomic mass is 35.5. The molecule has 0 N–H and O–H groups in total. The molecular formula is C16H25ClN2O. The highest BCUT2D eigenvalue weighted by Gasteiger charge is 2.21. The number of hydrogen-bond acceptors (Lipinski definition) is 2. The van der Waals surface area contributed by atoms with Crippen molar-refractivity contribution in [2.75, 3.05) is 13.1 Å². The van der Waals surface area contributed by atoms with Crippen molar-refractivity contribution in [1.29, 1.82) is 0 Å². The number of aromatic nitrogens is 1. The van der Waals surface area contributed by atoms with Gasteiger partial charge in [0.2, 0.25) is 0 Å². The number of unbranched alkanes of at least 4 members (excludes halogenated alkanes) is 1. The molecule has 0 aliphatic heterocycles. The minimum absolute atomic E-state index is 0.0377. The zero-order valence-corrected chi connectivity index (χ0v) is 13.9. The fraction of sp³-hybridized carbons (Fsp3) is 0.625. The van der Waals surface area contributed by atoms with Crippen molar-refractivity contribution in [1.82, 2.24) is 9.88 Å². The summed E-state index contributed by atoms with van der Waals surface area (Å²) >= 11 is 6.07. The van der Waals surface area contributed by atoms with Gasteiger partial charge in [0.25, 0.3) is 5.91 Å². The summed E-state index contributed by atoms with van der Waals surface area (Å²) in [5.74, 6) is 0.0377. The van der Waals surface area contributed by atoms with Gasteiger partial charge in [-0.05, 0) is 25.5 Å². The van der Waals surface area contributed by atoms with Crippen LogP contribution in [0.1, 0.15) is 63.5 Å². The highest BCUT2D eigenvalue weighted by molar-refractivity contribution is 6.29. The highest BCUT2D eigenvalue weighted by Crippen LogP contribution is 2.24. The largest absolute Gasteiger partial charge is 0.339 e. The van der Waals surface area contributed by atoms with Crippen LogP contribution in [-0.4, -0.2) is 28.9 Å². The molecule has 0 aliphatic carbocycles. The van der Waals surface area contributed by atoms with Crippen LogP contribution < -0.4 is 0 Å². The SMILES string of the molecule is CCCCN(CC)C(=O)c1cc(Cl)nc(C(C)(C)C)c1. The second kappa shape index (κ2) is 7.07. The maximum absolute atomic E-state index is 12.6. The number of nitrogens with zero attached hydrogens (tertiary/aromatic N) is 2. The molecular weight excluding hydrogens is 272 g/mol. The van der Waals surface area contributed by atoms with E-state index in [2.05, 4.69) is 32.7 Å². The predicted molar refractivity (Wildman–Crippen MR) is 84.4 cm³/mol. The molecule has 0 aromatic carbocycles.